The van der Waals surface area contributed by atoms with Gasteiger partial charge in [0.2, 0.25) is 0 Å². The molecule has 3 heteroatoms. The molecule has 128 valence electrons. The standard InChI is InChI=1S/C20H31NO2/c1-4-12-21(13-5-2)19-10-9-17-14-16(6-8-18(17)15-19)7-11-20(22)23-3/h6,8,14,19H,4-5,7,9-13,15H2,1-3H3. The molecule has 0 N–H and O–H groups in total. The molecule has 2 rings (SSSR count). The predicted octanol–water partition coefficient (Wildman–Crippen LogP) is 3.77. The van der Waals surface area contributed by atoms with Crippen LogP contribution in [-0.4, -0.2) is 37.1 Å². The van der Waals surface area contributed by atoms with Crippen LogP contribution in [-0.2, 0) is 28.8 Å². The Morgan fingerprint density at radius 2 is 1.96 bits per heavy atom. The van der Waals surface area contributed by atoms with Gasteiger partial charge in [-0.15, -0.1) is 0 Å². The van der Waals surface area contributed by atoms with Gasteiger partial charge in [-0.1, -0.05) is 32.0 Å². The number of aryl methyl sites for hydroxylation is 2. The molecule has 0 bridgehead atoms. The van der Waals surface area contributed by atoms with Crippen molar-refractivity contribution in [3.05, 3.63) is 34.9 Å². The number of fused-ring (bicyclic) bond motifs is 1. The first-order valence-electron chi connectivity index (χ1n) is 9.09. The second kappa shape index (κ2) is 9.07. The van der Waals surface area contributed by atoms with E-state index >= 15 is 0 Å². The van der Waals surface area contributed by atoms with Crippen LogP contribution in [0, 0.1) is 0 Å². The Morgan fingerprint density at radius 3 is 2.61 bits per heavy atom. The number of esters is 1. The average molecular weight is 317 g/mol. The van der Waals surface area contributed by atoms with E-state index in [0.29, 0.717) is 12.5 Å². The van der Waals surface area contributed by atoms with E-state index in [0.717, 1.165) is 12.8 Å². The highest BCUT2D eigenvalue weighted by atomic mass is 16.5. The summed E-state index contributed by atoms with van der Waals surface area (Å²) >= 11 is 0. The maximum absolute atomic E-state index is 11.3. The van der Waals surface area contributed by atoms with E-state index in [9.17, 15) is 4.79 Å². The van der Waals surface area contributed by atoms with Crippen molar-refractivity contribution in [2.45, 2.75) is 64.8 Å². The van der Waals surface area contributed by atoms with Crippen LogP contribution >= 0.6 is 0 Å². The Bertz CT molecular complexity index is 506. The van der Waals surface area contributed by atoms with Crippen LogP contribution in [0.15, 0.2) is 18.2 Å². The number of carbonyl (C=O) groups is 1. The minimum absolute atomic E-state index is 0.127. The van der Waals surface area contributed by atoms with Gasteiger partial charge < -0.3 is 9.64 Å². The number of carbonyl (C=O) groups excluding carboxylic acids is 1. The Kier molecular flexibility index (Phi) is 7.10. The fourth-order valence-electron chi connectivity index (χ4n) is 3.66. The zero-order chi connectivity index (χ0) is 16.7. The van der Waals surface area contributed by atoms with Crippen molar-refractivity contribution in [3.63, 3.8) is 0 Å². The number of rotatable bonds is 8. The summed E-state index contributed by atoms with van der Waals surface area (Å²) in [6, 6.07) is 7.47. The summed E-state index contributed by atoms with van der Waals surface area (Å²) in [5, 5.41) is 0. The van der Waals surface area contributed by atoms with Crippen molar-refractivity contribution >= 4 is 5.97 Å². The van der Waals surface area contributed by atoms with Crippen LogP contribution in [0.1, 0.15) is 56.2 Å². The van der Waals surface area contributed by atoms with E-state index in [-0.39, 0.29) is 5.97 Å². The van der Waals surface area contributed by atoms with Crippen LogP contribution in [0.4, 0.5) is 0 Å². The maximum Gasteiger partial charge on any atom is 0.305 e. The normalized spacial score (nSPS) is 17.1. The van der Waals surface area contributed by atoms with Crippen molar-refractivity contribution < 1.29 is 9.53 Å². The van der Waals surface area contributed by atoms with Gasteiger partial charge in [0.1, 0.15) is 0 Å². The van der Waals surface area contributed by atoms with Gasteiger partial charge in [0, 0.05) is 12.5 Å². The number of ether oxygens (including phenoxy) is 1. The molecular formula is C20H31NO2. The van der Waals surface area contributed by atoms with E-state index in [1.807, 2.05) is 0 Å². The molecule has 3 nitrogen and oxygen atoms in total. The van der Waals surface area contributed by atoms with Gasteiger partial charge in [-0.25, -0.2) is 0 Å². The second-order valence-electron chi connectivity index (χ2n) is 6.61. The Hall–Kier alpha value is -1.35. The molecule has 1 atom stereocenters. The van der Waals surface area contributed by atoms with E-state index in [2.05, 4.69) is 36.9 Å². The summed E-state index contributed by atoms with van der Waals surface area (Å²) in [4.78, 5) is 14.0. The van der Waals surface area contributed by atoms with Crippen molar-refractivity contribution in [1.82, 2.24) is 4.90 Å². The van der Waals surface area contributed by atoms with Crippen LogP contribution in [0.5, 0.6) is 0 Å². The summed E-state index contributed by atoms with van der Waals surface area (Å²) in [6.07, 6.45) is 7.31. The zero-order valence-electron chi connectivity index (χ0n) is 14.9. The molecule has 1 aliphatic carbocycles. The summed E-state index contributed by atoms with van der Waals surface area (Å²) in [5.41, 5.74) is 4.24. The number of hydrogen-bond acceptors (Lipinski definition) is 3. The van der Waals surface area contributed by atoms with Gasteiger partial charge in [0.05, 0.1) is 7.11 Å². The molecule has 0 amide bonds. The molecule has 0 saturated heterocycles. The minimum Gasteiger partial charge on any atom is -0.469 e. The van der Waals surface area contributed by atoms with Gasteiger partial charge in [-0.3, -0.25) is 4.79 Å². The molecule has 23 heavy (non-hydrogen) atoms. The number of hydrogen-bond donors (Lipinski definition) is 0. The van der Waals surface area contributed by atoms with E-state index in [4.69, 9.17) is 4.74 Å². The van der Waals surface area contributed by atoms with Crippen LogP contribution in [0.25, 0.3) is 0 Å². The van der Waals surface area contributed by atoms with Crippen LogP contribution in [0.2, 0.25) is 0 Å². The third kappa shape index (κ3) is 5.07. The van der Waals surface area contributed by atoms with E-state index in [1.54, 1.807) is 0 Å². The van der Waals surface area contributed by atoms with Crippen molar-refractivity contribution in [3.8, 4) is 0 Å². The SMILES string of the molecule is CCCN(CCC)C1CCc2cc(CCC(=O)OC)ccc2C1. The minimum atomic E-state index is -0.127. The third-order valence-electron chi connectivity index (χ3n) is 4.86. The molecule has 1 aliphatic rings. The molecule has 0 aliphatic heterocycles. The maximum atomic E-state index is 11.3. The third-order valence-corrected chi connectivity index (χ3v) is 4.86. The second-order valence-corrected chi connectivity index (χ2v) is 6.61. The predicted molar refractivity (Wildman–Crippen MR) is 94.7 cm³/mol. The number of benzene rings is 1. The first kappa shape index (κ1) is 18.0. The number of methoxy groups -OCH3 is 1. The fourth-order valence-corrected chi connectivity index (χ4v) is 3.66. The lowest BCUT2D eigenvalue weighted by Gasteiger charge is -2.35. The molecule has 0 saturated carbocycles. The highest BCUT2D eigenvalue weighted by Crippen LogP contribution is 2.26. The zero-order valence-corrected chi connectivity index (χ0v) is 14.9. The first-order valence-corrected chi connectivity index (χ1v) is 9.09. The van der Waals surface area contributed by atoms with Gasteiger partial charge in [-0.05, 0) is 68.3 Å². The van der Waals surface area contributed by atoms with Crippen molar-refractivity contribution in [2.75, 3.05) is 20.2 Å². The molecule has 0 fully saturated rings. The monoisotopic (exact) mass is 317 g/mol. The molecule has 1 aromatic carbocycles. The molecule has 0 spiro atoms. The van der Waals surface area contributed by atoms with Crippen molar-refractivity contribution in [2.24, 2.45) is 0 Å². The fraction of sp³-hybridized carbons (Fsp3) is 0.650. The Balaban J connectivity index is 2.00. The lowest BCUT2D eigenvalue weighted by atomic mass is 9.86. The number of nitrogens with zero attached hydrogens (tertiary/aromatic N) is 1. The smallest absolute Gasteiger partial charge is 0.305 e. The van der Waals surface area contributed by atoms with Crippen LogP contribution < -0.4 is 0 Å². The first-order chi connectivity index (χ1) is 11.2. The molecular weight excluding hydrogens is 286 g/mol. The Labute approximate surface area is 141 Å². The summed E-state index contributed by atoms with van der Waals surface area (Å²) < 4.78 is 4.73. The highest BCUT2D eigenvalue weighted by molar-refractivity contribution is 5.69. The quantitative estimate of drug-likeness (QED) is 0.684. The lowest BCUT2D eigenvalue weighted by Crippen LogP contribution is -2.40. The van der Waals surface area contributed by atoms with E-state index in [1.165, 1.54) is 62.6 Å². The molecule has 0 heterocycles. The van der Waals surface area contributed by atoms with Gasteiger partial charge in [0.15, 0.2) is 0 Å². The summed E-state index contributed by atoms with van der Waals surface area (Å²) in [7, 11) is 1.45. The summed E-state index contributed by atoms with van der Waals surface area (Å²) in [5.74, 6) is -0.127. The van der Waals surface area contributed by atoms with Crippen molar-refractivity contribution in [1.29, 1.82) is 0 Å². The molecule has 1 aromatic rings. The lowest BCUT2D eigenvalue weighted by molar-refractivity contribution is -0.140. The molecule has 0 radical (unpaired) electrons. The average Bonchev–Trinajstić information content (AvgIpc) is 2.58. The van der Waals surface area contributed by atoms with E-state index < -0.39 is 0 Å². The van der Waals surface area contributed by atoms with Gasteiger partial charge in [0.25, 0.3) is 0 Å². The van der Waals surface area contributed by atoms with Crippen LogP contribution in [0.3, 0.4) is 0 Å². The molecule has 1 unspecified atom stereocenters. The highest BCUT2D eigenvalue weighted by Gasteiger charge is 2.23. The molecule has 0 aromatic heterocycles. The van der Waals surface area contributed by atoms with Gasteiger partial charge >= 0.3 is 5.97 Å². The largest absolute Gasteiger partial charge is 0.469 e. The summed E-state index contributed by atoms with van der Waals surface area (Å²) in [6.45, 7) is 6.97. The topological polar surface area (TPSA) is 29.5 Å². The Morgan fingerprint density at radius 1 is 1.22 bits per heavy atom. The van der Waals surface area contributed by atoms with Gasteiger partial charge in [-0.2, -0.15) is 0 Å².